The van der Waals surface area contributed by atoms with E-state index < -0.39 is 0 Å². The summed E-state index contributed by atoms with van der Waals surface area (Å²) in [6.07, 6.45) is 1.94. The SMILES string of the molecule is CCN(c1cccc(C)c1)C(CN)c1cnn(C)c1C. The molecule has 108 valence electrons. The number of hydrogen-bond acceptors (Lipinski definition) is 3. The monoisotopic (exact) mass is 272 g/mol. The van der Waals surface area contributed by atoms with E-state index in [-0.39, 0.29) is 6.04 Å². The van der Waals surface area contributed by atoms with Gasteiger partial charge in [-0.3, -0.25) is 4.68 Å². The highest BCUT2D eigenvalue weighted by Gasteiger charge is 2.22. The van der Waals surface area contributed by atoms with Gasteiger partial charge in [0.05, 0.1) is 12.2 Å². The number of likely N-dealkylation sites (N-methyl/N-ethyl adjacent to an activating group) is 1. The molecule has 4 heteroatoms. The van der Waals surface area contributed by atoms with Gasteiger partial charge < -0.3 is 10.6 Å². The molecule has 0 saturated heterocycles. The van der Waals surface area contributed by atoms with Crippen molar-refractivity contribution in [3.05, 3.63) is 47.3 Å². The zero-order valence-corrected chi connectivity index (χ0v) is 12.8. The van der Waals surface area contributed by atoms with Crippen LogP contribution in [0.1, 0.15) is 29.8 Å². The van der Waals surface area contributed by atoms with Crippen molar-refractivity contribution in [2.24, 2.45) is 12.8 Å². The maximum atomic E-state index is 6.06. The van der Waals surface area contributed by atoms with Crippen LogP contribution in [0, 0.1) is 13.8 Å². The summed E-state index contributed by atoms with van der Waals surface area (Å²) in [7, 11) is 1.97. The topological polar surface area (TPSA) is 47.1 Å². The maximum absolute atomic E-state index is 6.06. The first kappa shape index (κ1) is 14.6. The normalized spacial score (nSPS) is 12.4. The Morgan fingerprint density at radius 3 is 2.60 bits per heavy atom. The van der Waals surface area contributed by atoms with Gasteiger partial charge in [0, 0.05) is 37.1 Å². The van der Waals surface area contributed by atoms with Crippen molar-refractivity contribution in [2.45, 2.75) is 26.8 Å². The second-order valence-electron chi connectivity index (χ2n) is 5.19. The molecule has 0 aliphatic heterocycles. The largest absolute Gasteiger partial charge is 0.363 e. The van der Waals surface area contributed by atoms with Crippen LogP contribution in [-0.2, 0) is 7.05 Å². The summed E-state index contributed by atoms with van der Waals surface area (Å²) in [5.74, 6) is 0. The molecule has 0 saturated carbocycles. The van der Waals surface area contributed by atoms with Gasteiger partial charge in [-0.2, -0.15) is 5.10 Å². The quantitative estimate of drug-likeness (QED) is 0.910. The summed E-state index contributed by atoms with van der Waals surface area (Å²) in [4.78, 5) is 2.34. The van der Waals surface area contributed by atoms with Crippen molar-refractivity contribution in [3.8, 4) is 0 Å². The van der Waals surface area contributed by atoms with Gasteiger partial charge in [0.25, 0.3) is 0 Å². The van der Waals surface area contributed by atoms with Gasteiger partial charge in [-0.05, 0) is 38.5 Å². The van der Waals surface area contributed by atoms with E-state index in [2.05, 4.69) is 55.0 Å². The lowest BCUT2D eigenvalue weighted by Gasteiger charge is -2.32. The van der Waals surface area contributed by atoms with Crippen molar-refractivity contribution in [3.63, 3.8) is 0 Å². The standard InChI is InChI=1S/C16H24N4/c1-5-20(14-8-6-7-12(2)9-14)16(10-17)15-11-18-19(4)13(15)3/h6-9,11,16H,5,10,17H2,1-4H3. The molecule has 2 N–H and O–H groups in total. The molecule has 0 aliphatic carbocycles. The Morgan fingerprint density at radius 2 is 2.10 bits per heavy atom. The Morgan fingerprint density at radius 1 is 1.35 bits per heavy atom. The second kappa shape index (κ2) is 6.09. The number of rotatable bonds is 5. The first-order valence-electron chi connectivity index (χ1n) is 7.10. The van der Waals surface area contributed by atoms with Crippen molar-refractivity contribution < 1.29 is 0 Å². The molecule has 1 aromatic carbocycles. The van der Waals surface area contributed by atoms with E-state index in [0.29, 0.717) is 6.54 Å². The van der Waals surface area contributed by atoms with Gasteiger partial charge in [-0.1, -0.05) is 12.1 Å². The highest BCUT2D eigenvalue weighted by Crippen LogP contribution is 2.28. The Hall–Kier alpha value is -1.81. The summed E-state index contributed by atoms with van der Waals surface area (Å²) in [5, 5.41) is 4.35. The average molecular weight is 272 g/mol. The van der Waals surface area contributed by atoms with Gasteiger partial charge in [0.15, 0.2) is 0 Å². The molecule has 20 heavy (non-hydrogen) atoms. The van der Waals surface area contributed by atoms with Crippen LogP contribution in [0.2, 0.25) is 0 Å². The predicted molar refractivity (Wildman–Crippen MR) is 83.9 cm³/mol. The fraction of sp³-hybridized carbons (Fsp3) is 0.438. The molecule has 0 aliphatic rings. The van der Waals surface area contributed by atoms with Crippen LogP contribution in [0.25, 0.3) is 0 Å². The Labute approximate surface area is 121 Å². The number of hydrogen-bond donors (Lipinski definition) is 1. The zero-order valence-electron chi connectivity index (χ0n) is 12.8. The van der Waals surface area contributed by atoms with E-state index in [9.17, 15) is 0 Å². The highest BCUT2D eigenvalue weighted by atomic mass is 15.3. The molecule has 2 rings (SSSR count). The van der Waals surface area contributed by atoms with Crippen LogP contribution < -0.4 is 10.6 Å². The summed E-state index contributed by atoms with van der Waals surface area (Å²) in [5.41, 5.74) is 10.9. The third-order valence-corrected chi connectivity index (χ3v) is 3.91. The summed E-state index contributed by atoms with van der Waals surface area (Å²) < 4.78 is 1.90. The fourth-order valence-corrected chi connectivity index (χ4v) is 2.65. The fourth-order valence-electron chi connectivity index (χ4n) is 2.65. The minimum Gasteiger partial charge on any atom is -0.363 e. The minimum absolute atomic E-state index is 0.162. The average Bonchev–Trinajstić information content (AvgIpc) is 2.76. The van der Waals surface area contributed by atoms with Gasteiger partial charge in [0.1, 0.15) is 0 Å². The molecular formula is C16H24N4. The number of aryl methyl sites for hydroxylation is 2. The molecule has 1 atom stereocenters. The smallest absolute Gasteiger partial charge is 0.0698 e. The van der Waals surface area contributed by atoms with Gasteiger partial charge in [-0.25, -0.2) is 0 Å². The predicted octanol–water partition coefficient (Wildman–Crippen LogP) is 2.56. The van der Waals surface area contributed by atoms with Crippen LogP contribution in [0.5, 0.6) is 0 Å². The summed E-state index contributed by atoms with van der Waals surface area (Å²) in [6, 6.07) is 8.72. The second-order valence-corrected chi connectivity index (χ2v) is 5.19. The van der Waals surface area contributed by atoms with Crippen molar-refractivity contribution >= 4 is 5.69 Å². The molecule has 0 spiro atoms. The number of benzene rings is 1. The zero-order chi connectivity index (χ0) is 14.7. The lowest BCUT2D eigenvalue weighted by atomic mass is 10.0. The number of nitrogens with zero attached hydrogens (tertiary/aromatic N) is 3. The van der Waals surface area contributed by atoms with Gasteiger partial charge in [0.2, 0.25) is 0 Å². The Kier molecular flexibility index (Phi) is 4.45. The van der Waals surface area contributed by atoms with E-state index in [1.165, 1.54) is 22.5 Å². The molecular weight excluding hydrogens is 248 g/mol. The number of anilines is 1. The first-order chi connectivity index (χ1) is 9.58. The van der Waals surface area contributed by atoms with E-state index in [4.69, 9.17) is 5.73 Å². The van der Waals surface area contributed by atoms with Crippen LogP contribution >= 0.6 is 0 Å². The van der Waals surface area contributed by atoms with E-state index in [1.807, 2.05) is 17.9 Å². The van der Waals surface area contributed by atoms with Crippen molar-refractivity contribution in [2.75, 3.05) is 18.0 Å². The number of nitrogens with two attached hydrogens (primary N) is 1. The molecule has 4 nitrogen and oxygen atoms in total. The van der Waals surface area contributed by atoms with E-state index in [1.54, 1.807) is 0 Å². The van der Waals surface area contributed by atoms with Crippen LogP contribution in [0.4, 0.5) is 5.69 Å². The molecule has 1 heterocycles. The molecule has 0 bridgehead atoms. The van der Waals surface area contributed by atoms with E-state index >= 15 is 0 Å². The summed E-state index contributed by atoms with van der Waals surface area (Å²) in [6.45, 7) is 7.86. The molecule has 1 aromatic heterocycles. The van der Waals surface area contributed by atoms with Crippen LogP contribution in [0.3, 0.4) is 0 Å². The minimum atomic E-state index is 0.162. The van der Waals surface area contributed by atoms with Crippen molar-refractivity contribution in [1.29, 1.82) is 0 Å². The first-order valence-corrected chi connectivity index (χ1v) is 7.10. The van der Waals surface area contributed by atoms with Crippen molar-refractivity contribution in [1.82, 2.24) is 9.78 Å². The molecule has 0 radical (unpaired) electrons. The lowest BCUT2D eigenvalue weighted by Crippen LogP contribution is -2.34. The molecule has 2 aromatic rings. The Balaban J connectivity index is 2.40. The van der Waals surface area contributed by atoms with Gasteiger partial charge in [-0.15, -0.1) is 0 Å². The maximum Gasteiger partial charge on any atom is 0.0698 e. The third-order valence-electron chi connectivity index (χ3n) is 3.91. The third kappa shape index (κ3) is 2.70. The highest BCUT2D eigenvalue weighted by molar-refractivity contribution is 5.51. The Bertz CT molecular complexity index is 574. The molecule has 0 amide bonds. The lowest BCUT2D eigenvalue weighted by molar-refractivity contribution is 0.636. The molecule has 0 fully saturated rings. The molecule has 1 unspecified atom stereocenters. The van der Waals surface area contributed by atoms with Crippen LogP contribution in [0.15, 0.2) is 30.5 Å². The summed E-state index contributed by atoms with van der Waals surface area (Å²) >= 11 is 0. The van der Waals surface area contributed by atoms with Gasteiger partial charge >= 0.3 is 0 Å². The van der Waals surface area contributed by atoms with Crippen LogP contribution in [-0.4, -0.2) is 22.9 Å². The number of aromatic nitrogens is 2. The van der Waals surface area contributed by atoms with E-state index in [0.717, 1.165) is 6.54 Å².